The summed E-state index contributed by atoms with van der Waals surface area (Å²) in [4.78, 5) is -2.45. The predicted octanol–water partition coefficient (Wildman–Crippen LogP) is 4.15. The van der Waals surface area contributed by atoms with E-state index in [2.05, 4.69) is 0 Å². The Hall–Kier alpha value is -1.10. The molecule has 0 saturated heterocycles. The first-order chi connectivity index (χ1) is 9.21. The second-order valence-corrected chi connectivity index (χ2v) is 3.08. The Morgan fingerprint density at radius 3 is 1.00 bits per heavy atom. The molecule has 0 N–H and O–H groups in total. The normalized spacial score (nSPS) is 15.8. The lowest BCUT2D eigenvalue weighted by atomic mass is 10.6. The Morgan fingerprint density at radius 2 is 0.818 bits per heavy atom. The molecular formula is C5F14N2O. The minimum Gasteiger partial charge on any atom is -0.185 e. The predicted molar refractivity (Wildman–Crippen MR) is 33.9 cm³/mol. The third-order valence-corrected chi connectivity index (χ3v) is 1.45. The first-order valence-electron chi connectivity index (χ1n) is 4.15. The number of rotatable bonds is 3. The lowest BCUT2D eigenvalue weighted by molar-refractivity contribution is -0.584. The van der Waals surface area contributed by atoms with Gasteiger partial charge in [-0.25, -0.2) is 0 Å². The summed E-state index contributed by atoms with van der Waals surface area (Å²) in [6.07, 6.45) is -35.5. The first kappa shape index (κ1) is 20.9. The number of halogens is 14. The molecule has 0 aliphatic carbocycles. The highest BCUT2D eigenvalue weighted by Gasteiger charge is 2.73. The van der Waals surface area contributed by atoms with E-state index in [4.69, 9.17) is 0 Å². The van der Waals surface area contributed by atoms with Gasteiger partial charge in [-0.15, -0.1) is 13.2 Å². The highest BCUT2D eigenvalue weighted by atomic mass is 19.4. The van der Waals surface area contributed by atoms with Gasteiger partial charge in [0.2, 0.25) is 0 Å². The maximum absolute atomic E-state index is 12.8. The summed E-state index contributed by atoms with van der Waals surface area (Å²) in [5.74, 6) is 0. The molecule has 17 heteroatoms. The Balaban J connectivity index is 6.06. The number of alkyl halides is 14. The van der Waals surface area contributed by atoms with E-state index in [9.17, 15) is 61.5 Å². The molecule has 0 aliphatic heterocycles. The van der Waals surface area contributed by atoms with Crippen LogP contribution in [0.3, 0.4) is 0 Å². The molecule has 0 aromatic heterocycles. The number of hydroxylamine groups is 2. The Bertz CT molecular complexity index is 361. The first-order valence-corrected chi connectivity index (χ1v) is 4.15. The van der Waals surface area contributed by atoms with Crippen molar-refractivity contribution in [3.63, 3.8) is 0 Å². The van der Waals surface area contributed by atoms with Gasteiger partial charge >= 0.3 is 31.4 Å². The zero-order valence-electron chi connectivity index (χ0n) is 9.09. The number of hydrogen-bond acceptors (Lipinski definition) is 3. The van der Waals surface area contributed by atoms with Crippen LogP contribution in [-0.4, -0.2) is 41.4 Å². The molecule has 0 aromatic rings. The van der Waals surface area contributed by atoms with Crippen LogP contribution < -0.4 is 0 Å². The van der Waals surface area contributed by atoms with E-state index in [0.29, 0.717) is 0 Å². The van der Waals surface area contributed by atoms with Crippen LogP contribution in [0, 0.1) is 0 Å². The van der Waals surface area contributed by atoms with E-state index < -0.39 is 41.4 Å². The SMILES string of the molecule is FC(F)(F)ON(C(F)(F)F)C(F)(F)N(C(F)(F)F)C(F)(F)F. The maximum Gasteiger partial charge on any atom is 0.539 e. The van der Waals surface area contributed by atoms with Gasteiger partial charge in [-0.1, -0.05) is 0 Å². The summed E-state index contributed by atoms with van der Waals surface area (Å²) in [6, 6.07) is 0. The van der Waals surface area contributed by atoms with E-state index in [1.807, 2.05) is 0 Å². The highest BCUT2D eigenvalue weighted by molar-refractivity contribution is 4.74. The van der Waals surface area contributed by atoms with Gasteiger partial charge in [-0.3, -0.25) is 0 Å². The highest BCUT2D eigenvalue weighted by Crippen LogP contribution is 2.47. The molecule has 134 valence electrons. The Morgan fingerprint density at radius 1 is 0.500 bits per heavy atom. The van der Waals surface area contributed by atoms with Crippen LogP contribution in [0.25, 0.3) is 0 Å². The summed E-state index contributed by atoms with van der Waals surface area (Å²) in [5, 5.41) is -3.72. The Labute approximate surface area is 109 Å². The fraction of sp³-hybridized carbons (Fsp3) is 1.00. The molecule has 0 unspecified atom stereocenters. The van der Waals surface area contributed by atoms with Crippen molar-refractivity contribution in [2.45, 2.75) is 31.4 Å². The molecule has 0 saturated carbocycles. The van der Waals surface area contributed by atoms with Crippen molar-refractivity contribution in [3.8, 4) is 0 Å². The van der Waals surface area contributed by atoms with Crippen molar-refractivity contribution in [3.05, 3.63) is 0 Å². The maximum atomic E-state index is 12.8. The fourth-order valence-electron chi connectivity index (χ4n) is 0.902. The monoisotopic (exact) mass is 370 g/mol. The largest absolute Gasteiger partial charge is 0.539 e. The molecule has 0 atom stereocenters. The average Bonchev–Trinajstić information content (AvgIpc) is 2.04. The van der Waals surface area contributed by atoms with E-state index >= 15 is 0 Å². The topological polar surface area (TPSA) is 15.7 Å². The number of nitrogens with zero attached hydrogens (tertiary/aromatic N) is 2. The van der Waals surface area contributed by atoms with Gasteiger partial charge in [-0.2, -0.15) is 53.1 Å². The van der Waals surface area contributed by atoms with Gasteiger partial charge < -0.3 is 0 Å². The summed E-state index contributed by atoms with van der Waals surface area (Å²) < 4.78 is 167. The van der Waals surface area contributed by atoms with Crippen LogP contribution in [-0.2, 0) is 4.84 Å². The van der Waals surface area contributed by atoms with Crippen molar-refractivity contribution in [2.24, 2.45) is 0 Å². The van der Waals surface area contributed by atoms with Gasteiger partial charge in [0, 0.05) is 0 Å². The van der Waals surface area contributed by atoms with Gasteiger partial charge in [-0.05, 0) is 9.96 Å². The van der Waals surface area contributed by atoms with Crippen LogP contribution in [0.1, 0.15) is 0 Å². The number of hydrogen-bond donors (Lipinski definition) is 0. The molecule has 0 aliphatic rings. The zero-order valence-corrected chi connectivity index (χ0v) is 9.09. The van der Waals surface area contributed by atoms with Crippen molar-refractivity contribution in [1.82, 2.24) is 9.96 Å². The van der Waals surface area contributed by atoms with Crippen LogP contribution in [0.2, 0.25) is 0 Å². The molecule has 0 bridgehead atoms. The van der Waals surface area contributed by atoms with Crippen LogP contribution in [0.5, 0.6) is 0 Å². The van der Waals surface area contributed by atoms with Crippen LogP contribution in [0.15, 0.2) is 0 Å². The van der Waals surface area contributed by atoms with E-state index in [1.54, 1.807) is 4.84 Å². The summed E-state index contributed by atoms with van der Waals surface area (Å²) in [7, 11) is 0. The average molecular weight is 370 g/mol. The third kappa shape index (κ3) is 5.27. The molecule has 0 amide bonds. The quantitative estimate of drug-likeness (QED) is 0.321. The van der Waals surface area contributed by atoms with Crippen molar-refractivity contribution in [1.29, 1.82) is 0 Å². The van der Waals surface area contributed by atoms with E-state index in [-0.39, 0.29) is 0 Å². The van der Waals surface area contributed by atoms with Crippen molar-refractivity contribution >= 4 is 0 Å². The minimum atomic E-state index is -7.36. The second kappa shape index (κ2) is 5.52. The molecule has 0 spiro atoms. The second-order valence-electron chi connectivity index (χ2n) is 3.08. The molecule has 0 aromatic carbocycles. The molecule has 0 rings (SSSR count). The van der Waals surface area contributed by atoms with Crippen molar-refractivity contribution in [2.75, 3.05) is 0 Å². The summed E-state index contributed by atoms with van der Waals surface area (Å²) in [6.45, 7) is 0. The zero-order chi connectivity index (χ0) is 18.4. The molecule has 0 heterocycles. The fourth-order valence-corrected chi connectivity index (χ4v) is 0.902. The van der Waals surface area contributed by atoms with E-state index in [1.165, 1.54) is 0 Å². The third-order valence-electron chi connectivity index (χ3n) is 1.45. The summed E-state index contributed by atoms with van der Waals surface area (Å²) >= 11 is 0. The lowest BCUT2D eigenvalue weighted by Crippen LogP contribution is -2.67. The lowest BCUT2D eigenvalue weighted by Gasteiger charge is -2.38. The van der Waals surface area contributed by atoms with E-state index in [0.717, 1.165) is 0 Å². The summed E-state index contributed by atoms with van der Waals surface area (Å²) in [5.41, 5.74) is 0. The van der Waals surface area contributed by atoms with Gasteiger partial charge in [0.05, 0.1) is 0 Å². The van der Waals surface area contributed by atoms with Gasteiger partial charge in [0.15, 0.2) is 0 Å². The molecule has 22 heavy (non-hydrogen) atoms. The Kier molecular flexibility index (Phi) is 5.24. The molecule has 0 radical (unpaired) electrons. The van der Waals surface area contributed by atoms with Crippen LogP contribution in [0.4, 0.5) is 61.5 Å². The van der Waals surface area contributed by atoms with Crippen molar-refractivity contribution < 1.29 is 66.3 Å². The smallest absolute Gasteiger partial charge is 0.185 e. The molecule has 0 fully saturated rings. The molecule has 3 nitrogen and oxygen atoms in total. The van der Waals surface area contributed by atoms with Gasteiger partial charge in [0.25, 0.3) is 0 Å². The van der Waals surface area contributed by atoms with Gasteiger partial charge in [0.1, 0.15) is 0 Å². The standard InChI is InChI=1S/C5F14N2O/c6-1(7,8)20(2(9,10)11)5(18,19)21(3(12,13)14)22-4(15,16)17. The van der Waals surface area contributed by atoms with Crippen LogP contribution >= 0.6 is 0 Å². The minimum absolute atomic E-state index is 1.56. The molecular weight excluding hydrogens is 370 g/mol.